The molecule has 1 aromatic carbocycles. The summed E-state index contributed by atoms with van der Waals surface area (Å²) in [6, 6.07) is 9.94. The lowest BCUT2D eigenvalue weighted by Gasteiger charge is -2.25. The summed E-state index contributed by atoms with van der Waals surface area (Å²) in [5.74, 6) is 1.48. The summed E-state index contributed by atoms with van der Waals surface area (Å²) < 4.78 is 5.86. The largest absolute Gasteiger partial charge is 0.445 e. The van der Waals surface area contributed by atoms with Crippen molar-refractivity contribution in [2.75, 3.05) is 27.2 Å². The van der Waals surface area contributed by atoms with Gasteiger partial charge in [0.05, 0.1) is 13.1 Å². The van der Waals surface area contributed by atoms with Crippen LogP contribution in [0.25, 0.3) is 0 Å². The molecule has 0 saturated heterocycles. The van der Waals surface area contributed by atoms with Crippen LogP contribution in [-0.4, -0.2) is 53.9 Å². The molecule has 0 unspecified atom stereocenters. The molecule has 7 nitrogen and oxygen atoms in total. The van der Waals surface area contributed by atoms with Crippen molar-refractivity contribution in [2.45, 2.75) is 25.8 Å². The van der Waals surface area contributed by atoms with Gasteiger partial charge >= 0.3 is 6.03 Å². The van der Waals surface area contributed by atoms with Crippen molar-refractivity contribution < 1.29 is 14.0 Å². The second kappa shape index (κ2) is 8.03. The molecule has 2 aromatic rings. The SMILES string of the molecule is CN(C)C(=O)NCC(=O)N1CCc2oc(CCc3ccccc3)nc2C1. The fourth-order valence-corrected chi connectivity index (χ4v) is 2.89. The Morgan fingerprint density at radius 3 is 2.73 bits per heavy atom. The van der Waals surface area contributed by atoms with E-state index in [1.807, 2.05) is 18.2 Å². The van der Waals surface area contributed by atoms with Gasteiger partial charge in [0.25, 0.3) is 0 Å². The molecule has 7 heteroatoms. The molecule has 0 atom stereocenters. The minimum atomic E-state index is -0.277. The van der Waals surface area contributed by atoms with E-state index in [1.54, 1.807) is 19.0 Å². The third kappa shape index (κ3) is 4.41. The maximum absolute atomic E-state index is 12.3. The number of aryl methyl sites for hydroxylation is 2. The van der Waals surface area contributed by atoms with Crippen LogP contribution in [0.5, 0.6) is 0 Å². The van der Waals surface area contributed by atoms with Crippen molar-refractivity contribution >= 4 is 11.9 Å². The lowest BCUT2D eigenvalue weighted by atomic mass is 10.1. The van der Waals surface area contributed by atoms with Gasteiger partial charge in [-0.2, -0.15) is 0 Å². The van der Waals surface area contributed by atoms with E-state index in [-0.39, 0.29) is 18.5 Å². The average molecular weight is 356 g/mol. The number of aromatic nitrogens is 1. The van der Waals surface area contributed by atoms with Crippen LogP contribution < -0.4 is 5.32 Å². The van der Waals surface area contributed by atoms with Crippen molar-refractivity contribution in [3.8, 4) is 0 Å². The molecule has 1 aromatic heterocycles. The number of nitrogens with zero attached hydrogens (tertiary/aromatic N) is 3. The fourth-order valence-electron chi connectivity index (χ4n) is 2.89. The number of rotatable bonds is 5. The zero-order valence-electron chi connectivity index (χ0n) is 15.2. The van der Waals surface area contributed by atoms with Crippen LogP contribution in [0.15, 0.2) is 34.7 Å². The van der Waals surface area contributed by atoms with Gasteiger partial charge in [-0.05, 0) is 12.0 Å². The number of fused-ring (bicyclic) bond motifs is 1. The van der Waals surface area contributed by atoms with Crippen LogP contribution in [0.4, 0.5) is 4.79 Å². The van der Waals surface area contributed by atoms with E-state index in [4.69, 9.17) is 4.42 Å². The minimum Gasteiger partial charge on any atom is -0.445 e. The van der Waals surface area contributed by atoms with E-state index < -0.39 is 0 Å². The first-order chi connectivity index (χ1) is 12.5. The summed E-state index contributed by atoms with van der Waals surface area (Å²) in [5.41, 5.74) is 2.07. The Kier molecular flexibility index (Phi) is 5.55. The maximum Gasteiger partial charge on any atom is 0.317 e. The highest BCUT2D eigenvalue weighted by atomic mass is 16.4. The number of nitrogens with one attached hydrogen (secondary N) is 1. The van der Waals surface area contributed by atoms with Crippen molar-refractivity contribution in [3.05, 3.63) is 53.2 Å². The molecule has 138 valence electrons. The number of amides is 3. The summed E-state index contributed by atoms with van der Waals surface area (Å²) >= 11 is 0. The molecule has 2 heterocycles. The predicted molar refractivity (Wildman–Crippen MR) is 96.6 cm³/mol. The van der Waals surface area contributed by atoms with Crippen LogP contribution in [0.1, 0.15) is 22.9 Å². The van der Waals surface area contributed by atoms with Crippen LogP contribution >= 0.6 is 0 Å². The van der Waals surface area contributed by atoms with E-state index in [0.717, 1.165) is 24.3 Å². The Morgan fingerprint density at radius 2 is 2.00 bits per heavy atom. The molecule has 26 heavy (non-hydrogen) atoms. The molecule has 3 rings (SSSR count). The van der Waals surface area contributed by atoms with E-state index in [9.17, 15) is 9.59 Å². The Balaban J connectivity index is 1.54. The van der Waals surface area contributed by atoms with Crippen LogP contribution in [0.2, 0.25) is 0 Å². The second-order valence-electron chi connectivity index (χ2n) is 6.58. The summed E-state index contributed by atoms with van der Waals surface area (Å²) in [7, 11) is 3.28. The van der Waals surface area contributed by atoms with E-state index in [2.05, 4.69) is 22.4 Å². The standard InChI is InChI=1S/C19H24N4O3/c1-22(2)19(25)20-12-18(24)23-11-10-16-15(13-23)21-17(26-16)9-8-14-6-4-3-5-7-14/h3-7H,8-13H2,1-2H3,(H,20,25). The van der Waals surface area contributed by atoms with Gasteiger partial charge in [0, 0.05) is 33.5 Å². The molecule has 3 amide bonds. The Hall–Kier alpha value is -2.83. The molecular formula is C19H24N4O3. The molecule has 0 saturated carbocycles. The highest BCUT2D eigenvalue weighted by Gasteiger charge is 2.25. The topological polar surface area (TPSA) is 78.7 Å². The lowest BCUT2D eigenvalue weighted by molar-refractivity contribution is -0.131. The number of benzene rings is 1. The molecule has 1 aliphatic rings. The van der Waals surface area contributed by atoms with Gasteiger partial charge in [-0.15, -0.1) is 0 Å². The molecule has 0 radical (unpaired) electrons. The van der Waals surface area contributed by atoms with Gasteiger partial charge in [0.2, 0.25) is 5.91 Å². The highest BCUT2D eigenvalue weighted by Crippen LogP contribution is 2.20. The first-order valence-electron chi connectivity index (χ1n) is 8.77. The van der Waals surface area contributed by atoms with Gasteiger partial charge in [-0.1, -0.05) is 30.3 Å². The lowest BCUT2D eigenvalue weighted by Crippen LogP contribution is -2.44. The Bertz CT molecular complexity index is 770. The number of carbonyl (C=O) groups excluding carboxylic acids is 2. The zero-order chi connectivity index (χ0) is 18.5. The molecule has 1 N–H and O–H groups in total. The molecule has 0 spiro atoms. The number of urea groups is 1. The van der Waals surface area contributed by atoms with Crippen LogP contribution in [0.3, 0.4) is 0 Å². The van der Waals surface area contributed by atoms with Crippen molar-refractivity contribution in [1.82, 2.24) is 20.1 Å². The minimum absolute atomic E-state index is 0.00887. The van der Waals surface area contributed by atoms with Gasteiger partial charge in [-0.3, -0.25) is 4.79 Å². The Labute approximate surface area is 153 Å². The van der Waals surface area contributed by atoms with Crippen molar-refractivity contribution in [3.63, 3.8) is 0 Å². The third-order valence-corrected chi connectivity index (χ3v) is 4.39. The number of oxazole rings is 1. The Morgan fingerprint density at radius 1 is 1.23 bits per heavy atom. The van der Waals surface area contributed by atoms with E-state index >= 15 is 0 Å². The van der Waals surface area contributed by atoms with Crippen molar-refractivity contribution in [1.29, 1.82) is 0 Å². The fraction of sp³-hybridized carbons (Fsp3) is 0.421. The second-order valence-corrected chi connectivity index (χ2v) is 6.58. The predicted octanol–water partition coefficient (Wildman–Crippen LogP) is 1.62. The molecule has 0 fully saturated rings. The van der Waals surface area contributed by atoms with Gasteiger partial charge in [0.15, 0.2) is 5.89 Å². The summed E-state index contributed by atoms with van der Waals surface area (Å²) in [5, 5.41) is 2.60. The van der Waals surface area contributed by atoms with Gasteiger partial charge in [0.1, 0.15) is 11.5 Å². The quantitative estimate of drug-likeness (QED) is 0.883. The number of carbonyl (C=O) groups is 2. The molecular weight excluding hydrogens is 332 g/mol. The van der Waals surface area contributed by atoms with E-state index in [0.29, 0.717) is 25.4 Å². The zero-order valence-corrected chi connectivity index (χ0v) is 15.2. The van der Waals surface area contributed by atoms with Crippen LogP contribution in [-0.2, 0) is 30.6 Å². The normalized spacial score (nSPS) is 13.2. The smallest absolute Gasteiger partial charge is 0.317 e. The molecule has 0 bridgehead atoms. The maximum atomic E-state index is 12.3. The van der Waals surface area contributed by atoms with Gasteiger partial charge in [-0.25, -0.2) is 9.78 Å². The van der Waals surface area contributed by atoms with E-state index in [1.165, 1.54) is 10.5 Å². The first-order valence-corrected chi connectivity index (χ1v) is 8.77. The number of hydrogen-bond acceptors (Lipinski definition) is 4. The average Bonchev–Trinajstić information content (AvgIpc) is 3.07. The summed E-state index contributed by atoms with van der Waals surface area (Å²) in [4.78, 5) is 31.5. The molecule has 1 aliphatic heterocycles. The molecule has 0 aliphatic carbocycles. The highest BCUT2D eigenvalue weighted by molar-refractivity contribution is 5.83. The number of hydrogen-bond donors (Lipinski definition) is 1. The summed E-state index contributed by atoms with van der Waals surface area (Å²) in [6.45, 7) is 1.00. The summed E-state index contributed by atoms with van der Waals surface area (Å²) in [6.07, 6.45) is 2.27. The first kappa shape index (κ1) is 18.0. The van der Waals surface area contributed by atoms with Crippen LogP contribution in [0, 0.1) is 0 Å². The van der Waals surface area contributed by atoms with Gasteiger partial charge < -0.3 is 19.5 Å². The monoisotopic (exact) mass is 356 g/mol. The third-order valence-electron chi connectivity index (χ3n) is 4.39. The van der Waals surface area contributed by atoms with Crippen molar-refractivity contribution in [2.24, 2.45) is 0 Å².